The highest BCUT2D eigenvalue weighted by Gasteiger charge is 2.25. The standard InChI is InChI=1S/C22H25N3/c1-15-21(17-8-6-5-7-9-17)22(25(4)23-15)18-11-10-16-12-13-20(24(2)3)19(16)14-18/h5-11,14,20H,12-13H2,1-4H3. The van der Waals surface area contributed by atoms with Gasteiger partial charge in [0.05, 0.1) is 11.4 Å². The minimum Gasteiger partial charge on any atom is -0.302 e. The van der Waals surface area contributed by atoms with Crippen molar-refractivity contribution >= 4 is 0 Å². The third-order valence-corrected chi connectivity index (χ3v) is 5.37. The van der Waals surface area contributed by atoms with Gasteiger partial charge in [-0.1, -0.05) is 42.5 Å². The molecular weight excluding hydrogens is 306 g/mol. The maximum Gasteiger partial charge on any atom is 0.0760 e. The molecule has 3 nitrogen and oxygen atoms in total. The molecule has 0 spiro atoms. The van der Waals surface area contributed by atoms with Crippen molar-refractivity contribution in [3.8, 4) is 22.4 Å². The molecule has 0 amide bonds. The molecule has 1 aliphatic rings. The first-order valence-electron chi connectivity index (χ1n) is 8.95. The van der Waals surface area contributed by atoms with Gasteiger partial charge in [0.2, 0.25) is 0 Å². The highest BCUT2D eigenvalue weighted by atomic mass is 15.3. The van der Waals surface area contributed by atoms with Crippen LogP contribution in [0.4, 0.5) is 0 Å². The zero-order valence-electron chi connectivity index (χ0n) is 15.5. The lowest BCUT2D eigenvalue weighted by molar-refractivity contribution is 0.299. The first kappa shape index (κ1) is 16.1. The van der Waals surface area contributed by atoms with Gasteiger partial charge in [-0.2, -0.15) is 5.10 Å². The molecule has 1 heterocycles. The first-order chi connectivity index (χ1) is 12.1. The third-order valence-electron chi connectivity index (χ3n) is 5.37. The zero-order chi connectivity index (χ0) is 17.6. The zero-order valence-corrected chi connectivity index (χ0v) is 15.5. The first-order valence-corrected chi connectivity index (χ1v) is 8.95. The Balaban J connectivity index is 1.88. The number of fused-ring (bicyclic) bond motifs is 1. The van der Waals surface area contributed by atoms with Crippen LogP contribution in [0.5, 0.6) is 0 Å². The van der Waals surface area contributed by atoms with Crippen LogP contribution in [0.1, 0.15) is 29.3 Å². The number of hydrogen-bond donors (Lipinski definition) is 0. The van der Waals surface area contributed by atoms with Gasteiger partial charge < -0.3 is 4.90 Å². The summed E-state index contributed by atoms with van der Waals surface area (Å²) in [5, 5.41) is 4.72. The van der Waals surface area contributed by atoms with E-state index >= 15 is 0 Å². The fourth-order valence-corrected chi connectivity index (χ4v) is 4.20. The van der Waals surface area contributed by atoms with Crippen LogP contribution in [0.15, 0.2) is 48.5 Å². The molecule has 4 rings (SSSR count). The Hall–Kier alpha value is -2.39. The highest BCUT2D eigenvalue weighted by molar-refractivity contribution is 5.83. The summed E-state index contributed by atoms with van der Waals surface area (Å²) in [5.74, 6) is 0. The highest BCUT2D eigenvalue weighted by Crippen LogP contribution is 2.40. The molecule has 0 saturated carbocycles. The van der Waals surface area contributed by atoms with Gasteiger partial charge in [-0.05, 0) is 56.6 Å². The van der Waals surface area contributed by atoms with Crippen LogP contribution in [0.25, 0.3) is 22.4 Å². The number of benzene rings is 2. The molecule has 1 unspecified atom stereocenters. The molecule has 128 valence electrons. The van der Waals surface area contributed by atoms with Crippen LogP contribution in [0, 0.1) is 6.92 Å². The van der Waals surface area contributed by atoms with Crippen LogP contribution in [-0.2, 0) is 13.5 Å². The largest absolute Gasteiger partial charge is 0.302 e. The minimum absolute atomic E-state index is 0.518. The molecule has 2 aromatic carbocycles. The molecule has 3 aromatic rings. The van der Waals surface area contributed by atoms with Gasteiger partial charge >= 0.3 is 0 Å². The molecule has 3 heteroatoms. The van der Waals surface area contributed by atoms with E-state index in [0.717, 1.165) is 5.69 Å². The smallest absolute Gasteiger partial charge is 0.0760 e. The molecule has 0 bridgehead atoms. The van der Waals surface area contributed by atoms with Crippen LogP contribution >= 0.6 is 0 Å². The Bertz CT molecular complexity index is 907. The van der Waals surface area contributed by atoms with Crippen molar-refractivity contribution < 1.29 is 0 Å². The van der Waals surface area contributed by atoms with E-state index in [1.165, 1.54) is 46.4 Å². The van der Waals surface area contributed by atoms with E-state index < -0.39 is 0 Å². The summed E-state index contributed by atoms with van der Waals surface area (Å²) in [4.78, 5) is 2.34. The monoisotopic (exact) mass is 331 g/mol. The van der Waals surface area contributed by atoms with E-state index in [0.29, 0.717) is 6.04 Å². The van der Waals surface area contributed by atoms with Crippen molar-refractivity contribution in [3.05, 3.63) is 65.4 Å². The molecule has 25 heavy (non-hydrogen) atoms. The van der Waals surface area contributed by atoms with Crippen molar-refractivity contribution in [2.24, 2.45) is 7.05 Å². The molecule has 0 radical (unpaired) electrons. The van der Waals surface area contributed by atoms with E-state index in [1.807, 2.05) is 11.7 Å². The van der Waals surface area contributed by atoms with Crippen molar-refractivity contribution in [2.45, 2.75) is 25.8 Å². The normalized spacial score (nSPS) is 16.4. The molecule has 1 aromatic heterocycles. The fourth-order valence-electron chi connectivity index (χ4n) is 4.20. The van der Waals surface area contributed by atoms with Gasteiger partial charge in [-0.25, -0.2) is 0 Å². The third kappa shape index (κ3) is 2.69. The molecule has 0 fully saturated rings. The lowest BCUT2D eigenvalue weighted by Crippen LogP contribution is -2.17. The van der Waals surface area contributed by atoms with Crippen LogP contribution < -0.4 is 0 Å². The van der Waals surface area contributed by atoms with Crippen LogP contribution in [-0.4, -0.2) is 28.8 Å². The van der Waals surface area contributed by atoms with Crippen molar-refractivity contribution in [1.29, 1.82) is 0 Å². The SMILES string of the molecule is Cc1nn(C)c(-c2ccc3c(c2)C(N(C)C)CC3)c1-c1ccccc1. The summed E-state index contributed by atoms with van der Waals surface area (Å²) >= 11 is 0. The van der Waals surface area contributed by atoms with Gasteiger partial charge in [-0.3, -0.25) is 4.68 Å². The van der Waals surface area contributed by atoms with E-state index in [-0.39, 0.29) is 0 Å². The Morgan fingerprint density at radius 1 is 1.04 bits per heavy atom. The van der Waals surface area contributed by atoms with Gasteiger partial charge in [0, 0.05) is 24.2 Å². The summed E-state index contributed by atoms with van der Waals surface area (Å²) in [6, 6.07) is 18.1. The summed E-state index contributed by atoms with van der Waals surface area (Å²) in [6.07, 6.45) is 2.39. The predicted molar refractivity (Wildman–Crippen MR) is 104 cm³/mol. The van der Waals surface area contributed by atoms with Gasteiger partial charge in [0.1, 0.15) is 0 Å². The molecule has 1 atom stereocenters. The minimum atomic E-state index is 0.518. The number of nitrogens with zero attached hydrogens (tertiary/aromatic N) is 3. The van der Waals surface area contributed by atoms with Gasteiger partial charge in [0.15, 0.2) is 0 Å². The molecule has 0 saturated heterocycles. The van der Waals surface area contributed by atoms with E-state index in [1.54, 1.807) is 0 Å². The van der Waals surface area contributed by atoms with Crippen LogP contribution in [0.2, 0.25) is 0 Å². The second-order valence-electron chi connectivity index (χ2n) is 7.23. The Morgan fingerprint density at radius 3 is 2.52 bits per heavy atom. The second-order valence-corrected chi connectivity index (χ2v) is 7.23. The number of hydrogen-bond acceptors (Lipinski definition) is 2. The number of aryl methyl sites for hydroxylation is 3. The molecule has 1 aliphatic carbocycles. The second kappa shape index (κ2) is 6.16. The summed E-state index contributed by atoms with van der Waals surface area (Å²) < 4.78 is 2.03. The predicted octanol–water partition coefficient (Wildman–Crippen LogP) is 4.61. The van der Waals surface area contributed by atoms with E-state index in [2.05, 4.69) is 74.4 Å². The topological polar surface area (TPSA) is 21.1 Å². The summed E-state index contributed by atoms with van der Waals surface area (Å²) in [6.45, 7) is 2.10. The van der Waals surface area contributed by atoms with Gasteiger partial charge in [0.25, 0.3) is 0 Å². The van der Waals surface area contributed by atoms with Crippen molar-refractivity contribution in [3.63, 3.8) is 0 Å². The molecule has 0 N–H and O–H groups in total. The van der Waals surface area contributed by atoms with Crippen molar-refractivity contribution in [1.82, 2.24) is 14.7 Å². The quantitative estimate of drug-likeness (QED) is 0.699. The Kier molecular flexibility index (Phi) is 3.97. The number of rotatable bonds is 3. The fraction of sp³-hybridized carbons (Fsp3) is 0.318. The average Bonchev–Trinajstić information content (AvgIpc) is 3.15. The van der Waals surface area contributed by atoms with E-state index in [4.69, 9.17) is 5.10 Å². The maximum absolute atomic E-state index is 4.72. The Morgan fingerprint density at radius 2 is 1.80 bits per heavy atom. The maximum atomic E-state index is 4.72. The summed E-state index contributed by atoms with van der Waals surface area (Å²) in [5.41, 5.74) is 8.97. The van der Waals surface area contributed by atoms with E-state index in [9.17, 15) is 0 Å². The Labute approximate surface area is 149 Å². The van der Waals surface area contributed by atoms with Crippen LogP contribution in [0.3, 0.4) is 0 Å². The van der Waals surface area contributed by atoms with Gasteiger partial charge in [-0.15, -0.1) is 0 Å². The molecular formula is C22H25N3. The lowest BCUT2D eigenvalue weighted by Gasteiger charge is -2.20. The summed E-state index contributed by atoms with van der Waals surface area (Å²) in [7, 11) is 6.40. The average molecular weight is 331 g/mol. The number of aromatic nitrogens is 2. The van der Waals surface area contributed by atoms with Crippen molar-refractivity contribution in [2.75, 3.05) is 14.1 Å². The lowest BCUT2D eigenvalue weighted by atomic mass is 9.96. The molecule has 0 aliphatic heterocycles.